The molecular formula is C13H21N3O7S3. The second kappa shape index (κ2) is 8.95. The molecule has 148 valence electrons. The maximum Gasteiger partial charge on any atom is 0.263 e. The Kier molecular flexibility index (Phi) is 7.41. The average Bonchev–Trinajstić information content (AvgIpc) is 2.99. The number of thiophene rings is 1. The molecule has 10 nitrogen and oxygen atoms in total. The quantitative estimate of drug-likeness (QED) is 0.343. The molecule has 1 aromatic heterocycles. The normalized spacial score (nSPS) is 22.8. The van der Waals surface area contributed by atoms with E-state index in [-0.39, 0.29) is 27.5 Å². The number of fused-ring (bicyclic) bond motifs is 1. The van der Waals surface area contributed by atoms with Gasteiger partial charge in [-0.15, -0.1) is 0 Å². The molecule has 26 heavy (non-hydrogen) atoms. The Labute approximate surface area is 158 Å². The van der Waals surface area contributed by atoms with Crippen LogP contribution in [0.2, 0.25) is 0 Å². The molecule has 3 atom stereocenters. The monoisotopic (exact) mass is 427 g/mol. The van der Waals surface area contributed by atoms with Gasteiger partial charge in [-0.05, 0) is 19.9 Å². The van der Waals surface area contributed by atoms with Crippen molar-refractivity contribution >= 4 is 38.4 Å². The molecular weight excluding hydrogens is 406 g/mol. The molecule has 0 bridgehead atoms. The fourth-order valence-electron chi connectivity index (χ4n) is 2.55. The Morgan fingerprint density at radius 2 is 2.23 bits per heavy atom. The number of nitrogens with one attached hydrogen (secondary N) is 2. The topological polar surface area (TPSA) is 151 Å². The maximum atomic E-state index is 12.5. The van der Waals surface area contributed by atoms with Crippen LogP contribution < -0.4 is 10.0 Å². The van der Waals surface area contributed by atoms with Crippen molar-refractivity contribution in [2.45, 2.75) is 46.4 Å². The largest absolute Gasteiger partial charge is 0.587 e. The Morgan fingerprint density at radius 1 is 1.54 bits per heavy atom. The van der Waals surface area contributed by atoms with E-state index in [9.17, 15) is 17.8 Å². The number of hydrogen-bond donors (Lipinski definition) is 4. The van der Waals surface area contributed by atoms with Crippen molar-refractivity contribution in [3.8, 4) is 0 Å². The van der Waals surface area contributed by atoms with Gasteiger partial charge in [0.05, 0.1) is 23.7 Å². The number of carbonyl (C=O) groups is 1. The predicted molar refractivity (Wildman–Crippen MR) is 92.5 cm³/mol. The summed E-state index contributed by atoms with van der Waals surface area (Å²) in [5.41, 5.74) is 0.576. The van der Waals surface area contributed by atoms with E-state index in [1.54, 1.807) is 13.0 Å². The molecule has 2 rings (SSSR count). The summed E-state index contributed by atoms with van der Waals surface area (Å²) in [4.78, 5) is 16.0. The van der Waals surface area contributed by atoms with Gasteiger partial charge in [0.15, 0.2) is 9.84 Å². The van der Waals surface area contributed by atoms with Crippen molar-refractivity contribution in [2.24, 2.45) is 0 Å². The van der Waals surface area contributed by atoms with Crippen molar-refractivity contribution in [3.63, 3.8) is 0 Å². The highest BCUT2D eigenvalue weighted by atomic mass is 32.3. The molecule has 2 unspecified atom stereocenters. The lowest BCUT2D eigenvalue weighted by Crippen LogP contribution is -2.33. The minimum atomic E-state index is -3.49. The van der Waals surface area contributed by atoms with Crippen molar-refractivity contribution in [2.75, 3.05) is 13.2 Å². The molecule has 1 aliphatic rings. The number of rotatable bonds is 8. The van der Waals surface area contributed by atoms with E-state index in [1.165, 1.54) is 0 Å². The maximum absolute atomic E-state index is 12.5. The molecule has 13 heteroatoms. The summed E-state index contributed by atoms with van der Waals surface area (Å²) in [7, 11) is -3.49. The molecule has 1 aromatic rings. The first-order valence-electron chi connectivity index (χ1n) is 7.79. The van der Waals surface area contributed by atoms with E-state index in [0.29, 0.717) is 18.5 Å². The highest BCUT2D eigenvalue weighted by Gasteiger charge is 2.40. The van der Waals surface area contributed by atoms with Crippen molar-refractivity contribution in [1.82, 2.24) is 15.4 Å². The molecule has 0 radical (unpaired) electrons. The summed E-state index contributed by atoms with van der Waals surface area (Å²) in [6.07, 6.45) is 0.165. The molecule has 0 saturated carbocycles. The van der Waals surface area contributed by atoms with Crippen LogP contribution in [-0.4, -0.2) is 53.1 Å². The van der Waals surface area contributed by atoms with Crippen LogP contribution in [0, 0.1) is 0 Å². The number of hydrogen-bond acceptors (Lipinski definition) is 10. The van der Waals surface area contributed by atoms with Crippen LogP contribution in [0.15, 0.2) is 14.5 Å². The summed E-state index contributed by atoms with van der Waals surface area (Å²) in [5, 5.41) is 18.9. The van der Waals surface area contributed by atoms with Gasteiger partial charge in [-0.3, -0.25) is 20.0 Å². The molecule has 4 N–H and O–H groups in total. The minimum Gasteiger partial charge on any atom is -0.587 e. The third kappa shape index (κ3) is 4.94. The zero-order valence-corrected chi connectivity index (χ0v) is 16.6. The van der Waals surface area contributed by atoms with Crippen LogP contribution >= 0.6 is 11.3 Å². The molecule has 0 aliphatic carbocycles. The van der Waals surface area contributed by atoms with Gasteiger partial charge in [-0.2, -0.15) is 4.72 Å². The van der Waals surface area contributed by atoms with E-state index in [1.807, 2.05) is 6.92 Å². The number of nitrogens with zero attached hydrogens (tertiary/aromatic N) is 1. The number of carbonyl (C=O) groups excluding carboxylic acids is 1. The molecule has 0 spiro atoms. The van der Waals surface area contributed by atoms with E-state index >= 15 is 0 Å². The van der Waals surface area contributed by atoms with E-state index in [4.69, 9.17) is 10.4 Å². The molecule has 0 aromatic carbocycles. The molecule has 0 fully saturated rings. The van der Waals surface area contributed by atoms with Crippen molar-refractivity contribution < 1.29 is 33.0 Å². The van der Waals surface area contributed by atoms with Crippen LogP contribution in [0.1, 0.15) is 38.3 Å². The SMILES string of the molecule is CCN[C@H]1CC(C)S(=O)(=O)c2sc([S+]([O-])NC(=O)CCON(O)O)cc21. The van der Waals surface area contributed by atoms with Crippen LogP contribution in [-0.2, 0) is 30.8 Å². The van der Waals surface area contributed by atoms with Crippen LogP contribution in [0.25, 0.3) is 0 Å². The summed E-state index contributed by atoms with van der Waals surface area (Å²) < 4.78 is 40.1. The summed E-state index contributed by atoms with van der Waals surface area (Å²) in [5.74, 6) is -0.643. The van der Waals surface area contributed by atoms with Gasteiger partial charge in [0.1, 0.15) is 15.6 Å². The zero-order valence-electron chi connectivity index (χ0n) is 14.2. The Hall–Kier alpha value is -0.770. The second-order valence-electron chi connectivity index (χ2n) is 5.64. The predicted octanol–water partition coefficient (Wildman–Crippen LogP) is 0.506. The molecule has 1 amide bonds. The van der Waals surface area contributed by atoms with Crippen molar-refractivity contribution in [3.05, 3.63) is 11.6 Å². The van der Waals surface area contributed by atoms with Gasteiger partial charge in [-0.1, -0.05) is 18.3 Å². The highest BCUT2D eigenvalue weighted by molar-refractivity contribution is 7.95. The Balaban J connectivity index is 2.14. The van der Waals surface area contributed by atoms with Gasteiger partial charge in [0.2, 0.25) is 4.21 Å². The number of sulfone groups is 1. The standard InChI is InChI=1S/C13H21N3O7S3/c1-3-14-10-6-8(2)26(21,22)13-9(10)7-12(24-13)25(20)15-11(17)4-5-23-16(18)19/h7-8,10,14,18-19H,3-6H2,1-2H3,(H,15,17)/t8?,10-,25?/m0/s1. The smallest absolute Gasteiger partial charge is 0.263 e. The van der Waals surface area contributed by atoms with Crippen LogP contribution in [0.3, 0.4) is 0 Å². The fourth-order valence-corrected chi connectivity index (χ4v) is 7.29. The minimum absolute atomic E-state index is 0.153. The van der Waals surface area contributed by atoms with Gasteiger partial charge >= 0.3 is 0 Å². The first-order chi connectivity index (χ1) is 12.2. The van der Waals surface area contributed by atoms with E-state index in [0.717, 1.165) is 11.3 Å². The fraction of sp³-hybridized carbons (Fsp3) is 0.615. The van der Waals surface area contributed by atoms with Crippen LogP contribution in [0.4, 0.5) is 0 Å². The van der Waals surface area contributed by atoms with Gasteiger partial charge in [0, 0.05) is 17.7 Å². The van der Waals surface area contributed by atoms with Gasteiger partial charge in [0.25, 0.3) is 5.91 Å². The summed E-state index contributed by atoms with van der Waals surface area (Å²) in [6, 6.07) is 1.40. The highest BCUT2D eigenvalue weighted by Crippen LogP contribution is 2.42. The summed E-state index contributed by atoms with van der Waals surface area (Å²) in [6.45, 7) is 3.90. The van der Waals surface area contributed by atoms with Gasteiger partial charge < -0.3 is 9.87 Å². The lowest BCUT2D eigenvalue weighted by molar-refractivity contribution is -0.491. The van der Waals surface area contributed by atoms with Gasteiger partial charge in [-0.25, -0.2) is 8.42 Å². The number of amides is 1. The Bertz CT molecular complexity index is 737. The zero-order chi connectivity index (χ0) is 19.5. The average molecular weight is 428 g/mol. The van der Waals surface area contributed by atoms with E-state index in [2.05, 4.69) is 14.9 Å². The molecule has 0 saturated heterocycles. The molecule has 2 heterocycles. The lowest BCUT2D eigenvalue weighted by Gasteiger charge is -2.27. The van der Waals surface area contributed by atoms with Crippen LogP contribution in [0.5, 0.6) is 0 Å². The first-order valence-corrected chi connectivity index (χ1v) is 11.3. The second-order valence-corrected chi connectivity index (χ2v) is 10.7. The lowest BCUT2D eigenvalue weighted by atomic mass is 10.1. The Morgan fingerprint density at radius 3 is 2.85 bits per heavy atom. The first kappa shape index (κ1) is 21.5. The third-order valence-electron chi connectivity index (χ3n) is 3.81. The van der Waals surface area contributed by atoms with E-state index < -0.39 is 37.7 Å². The third-order valence-corrected chi connectivity index (χ3v) is 9.10. The van der Waals surface area contributed by atoms with Crippen molar-refractivity contribution in [1.29, 1.82) is 0 Å². The molecule has 1 aliphatic heterocycles. The summed E-state index contributed by atoms with van der Waals surface area (Å²) >= 11 is -1.03.